The standard InChI is InChI=1S/C18H20F3N5O5S/c1-25(2)12-6-7-16(15(11-12)18(19,20)21)24-17(27)22-8-9-23-32(30,31)14-5-3-4-13(10-14)26(28)29/h3-7,10-11,23H,8-9H2,1-2H3,(H2,22,24,27). The maximum Gasteiger partial charge on any atom is 0.418 e. The Morgan fingerprint density at radius 1 is 1.12 bits per heavy atom. The molecule has 14 heteroatoms. The molecule has 0 fully saturated rings. The minimum absolute atomic E-state index is 0.253. The summed E-state index contributed by atoms with van der Waals surface area (Å²) in [6, 6.07) is 6.81. The first kappa shape index (κ1) is 24.9. The molecule has 0 spiro atoms. The third-order valence-electron chi connectivity index (χ3n) is 4.11. The second kappa shape index (κ2) is 9.82. The number of alkyl halides is 3. The number of nitro groups is 1. The van der Waals surface area contributed by atoms with Crippen LogP contribution in [0.3, 0.4) is 0 Å². The molecular formula is C18H20F3N5O5S. The minimum Gasteiger partial charge on any atom is -0.378 e. The van der Waals surface area contributed by atoms with E-state index in [1.54, 1.807) is 14.1 Å². The number of nitro benzene ring substituents is 1. The molecule has 2 aromatic carbocycles. The average Bonchev–Trinajstić information content (AvgIpc) is 2.70. The van der Waals surface area contributed by atoms with Gasteiger partial charge in [-0.1, -0.05) is 6.07 Å². The summed E-state index contributed by atoms with van der Waals surface area (Å²) in [5, 5.41) is 15.1. The van der Waals surface area contributed by atoms with E-state index in [2.05, 4.69) is 15.4 Å². The Hall–Kier alpha value is -3.39. The first-order valence-corrected chi connectivity index (χ1v) is 10.5. The van der Waals surface area contributed by atoms with Gasteiger partial charge in [-0.05, 0) is 24.3 Å². The number of nitrogens with zero attached hydrogens (tertiary/aromatic N) is 2. The molecule has 0 saturated carbocycles. The number of carbonyl (C=O) groups excluding carboxylic acids is 1. The van der Waals surface area contributed by atoms with E-state index in [4.69, 9.17) is 0 Å². The van der Waals surface area contributed by atoms with Crippen LogP contribution in [-0.4, -0.2) is 46.6 Å². The van der Waals surface area contributed by atoms with Crippen LogP contribution in [0.4, 0.5) is 35.0 Å². The van der Waals surface area contributed by atoms with E-state index in [1.807, 2.05) is 0 Å². The van der Waals surface area contributed by atoms with Crippen molar-refractivity contribution in [3.63, 3.8) is 0 Å². The van der Waals surface area contributed by atoms with Crippen LogP contribution in [0.5, 0.6) is 0 Å². The predicted octanol–water partition coefficient (Wildman–Crippen LogP) is 2.78. The minimum atomic E-state index is -4.71. The van der Waals surface area contributed by atoms with E-state index < -0.39 is 44.1 Å². The van der Waals surface area contributed by atoms with E-state index in [-0.39, 0.29) is 18.0 Å². The molecule has 0 saturated heterocycles. The number of non-ortho nitro benzene ring substituents is 1. The second-order valence-electron chi connectivity index (χ2n) is 6.66. The van der Waals surface area contributed by atoms with Crippen molar-refractivity contribution in [2.75, 3.05) is 37.4 Å². The SMILES string of the molecule is CN(C)c1ccc(NC(=O)NCCNS(=O)(=O)c2cccc([N+](=O)[O-])c2)c(C(F)(F)F)c1. The summed E-state index contributed by atoms with van der Waals surface area (Å²) < 4.78 is 66.5. The Bertz CT molecular complexity index is 1110. The molecule has 0 atom stereocenters. The molecule has 0 unspecified atom stereocenters. The summed E-state index contributed by atoms with van der Waals surface area (Å²) in [4.78, 5) is 23.1. The van der Waals surface area contributed by atoms with E-state index in [1.165, 1.54) is 17.0 Å². The number of nitrogens with one attached hydrogen (secondary N) is 3. The maximum absolute atomic E-state index is 13.3. The molecule has 3 N–H and O–H groups in total. The number of anilines is 2. The van der Waals surface area contributed by atoms with E-state index in [9.17, 15) is 36.5 Å². The first-order chi connectivity index (χ1) is 14.8. The molecule has 2 aromatic rings. The molecule has 0 heterocycles. The van der Waals surface area contributed by atoms with Gasteiger partial charge in [0, 0.05) is 45.0 Å². The summed E-state index contributed by atoms with van der Waals surface area (Å²) >= 11 is 0. The maximum atomic E-state index is 13.3. The zero-order valence-electron chi connectivity index (χ0n) is 16.9. The van der Waals surface area contributed by atoms with Gasteiger partial charge in [0.2, 0.25) is 10.0 Å². The number of halogens is 3. The average molecular weight is 475 g/mol. The van der Waals surface area contributed by atoms with E-state index in [0.29, 0.717) is 5.69 Å². The number of amides is 2. The summed E-state index contributed by atoms with van der Waals surface area (Å²) in [6.07, 6.45) is -4.71. The van der Waals surface area contributed by atoms with Crippen molar-refractivity contribution < 1.29 is 31.3 Å². The molecule has 0 aliphatic rings. The normalized spacial score (nSPS) is 11.7. The Morgan fingerprint density at radius 3 is 2.41 bits per heavy atom. The quantitative estimate of drug-likeness (QED) is 0.305. The molecule has 0 radical (unpaired) electrons. The highest BCUT2D eigenvalue weighted by molar-refractivity contribution is 7.89. The number of benzene rings is 2. The fourth-order valence-electron chi connectivity index (χ4n) is 2.53. The highest BCUT2D eigenvalue weighted by Crippen LogP contribution is 2.37. The molecule has 2 amide bonds. The van der Waals surface area contributed by atoms with Crippen molar-refractivity contribution in [2.24, 2.45) is 0 Å². The van der Waals surface area contributed by atoms with Gasteiger partial charge in [-0.25, -0.2) is 17.9 Å². The van der Waals surface area contributed by atoms with E-state index >= 15 is 0 Å². The fraction of sp³-hybridized carbons (Fsp3) is 0.278. The smallest absolute Gasteiger partial charge is 0.378 e. The zero-order valence-corrected chi connectivity index (χ0v) is 17.7. The lowest BCUT2D eigenvalue weighted by Gasteiger charge is -2.19. The van der Waals surface area contributed by atoms with Crippen molar-refractivity contribution in [3.05, 3.63) is 58.1 Å². The van der Waals surface area contributed by atoms with Crippen LogP contribution in [0.2, 0.25) is 0 Å². The largest absolute Gasteiger partial charge is 0.418 e. The second-order valence-corrected chi connectivity index (χ2v) is 8.42. The van der Waals surface area contributed by atoms with Gasteiger partial charge in [-0.15, -0.1) is 0 Å². The van der Waals surface area contributed by atoms with Crippen molar-refractivity contribution >= 4 is 33.1 Å². The lowest BCUT2D eigenvalue weighted by atomic mass is 10.1. The number of hydrogen-bond acceptors (Lipinski definition) is 6. The Morgan fingerprint density at radius 2 is 1.81 bits per heavy atom. The topological polar surface area (TPSA) is 134 Å². The third kappa shape index (κ3) is 6.55. The number of urea groups is 1. The third-order valence-corrected chi connectivity index (χ3v) is 5.57. The first-order valence-electron chi connectivity index (χ1n) is 8.99. The fourth-order valence-corrected chi connectivity index (χ4v) is 3.60. The van der Waals surface area contributed by atoms with Gasteiger partial charge in [0.05, 0.1) is 21.1 Å². The number of rotatable bonds is 8. The van der Waals surface area contributed by atoms with Crippen molar-refractivity contribution in [3.8, 4) is 0 Å². The van der Waals surface area contributed by atoms with Crippen LogP contribution in [0, 0.1) is 10.1 Å². The van der Waals surface area contributed by atoms with Gasteiger partial charge in [0.25, 0.3) is 5.69 Å². The van der Waals surface area contributed by atoms with Crippen LogP contribution in [0.1, 0.15) is 5.56 Å². The van der Waals surface area contributed by atoms with Gasteiger partial charge in [-0.2, -0.15) is 13.2 Å². The number of hydrogen-bond donors (Lipinski definition) is 3. The molecule has 0 bridgehead atoms. The molecule has 2 rings (SSSR count). The van der Waals surface area contributed by atoms with Gasteiger partial charge in [0.15, 0.2) is 0 Å². The Kier molecular flexibility index (Phi) is 7.64. The van der Waals surface area contributed by atoms with Crippen molar-refractivity contribution in [1.29, 1.82) is 0 Å². The molecule has 174 valence electrons. The summed E-state index contributed by atoms with van der Waals surface area (Å²) in [5.74, 6) is 0. The Labute approximate surface area is 181 Å². The highest BCUT2D eigenvalue weighted by atomic mass is 32.2. The lowest BCUT2D eigenvalue weighted by Crippen LogP contribution is -2.37. The van der Waals surface area contributed by atoms with Crippen molar-refractivity contribution in [1.82, 2.24) is 10.0 Å². The highest BCUT2D eigenvalue weighted by Gasteiger charge is 2.34. The lowest BCUT2D eigenvalue weighted by molar-refractivity contribution is -0.385. The summed E-state index contributed by atoms with van der Waals surface area (Å²) in [5.41, 5.74) is -1.62. The molecule has 0 aromatic heterocycles. The monoisotopic (exact) mass is 475 g/mol. The zero-order chi connectivity index (χ0) is 24.1. The van der Waals surface area contributed by atoms with Crippen LogP contribution in [-0.2, 0) is 16.2 Å². The van der Waals surface area contributed by atoms with Gasteiger partial charge in [-0.3, -0.25) is 10.1 Å². The predicted molar refractivity (Wildman–Crippen MR) is 111 cm³/mol. The van der Waals surface area contributed by atoms with Crippen LogP contribution >= 0.6 is 0 Å². The molecule has 0 aliphatic heterocycles. The summed E-state index contributed by atoms with van der Waals surface area (Å²) in [6.45, 7) is -0.554. The van der Waals surface area contributed by atoms with Gasteiger partial charge < -0.3 is 15.5 Å². The van der Waals surface area contributed by atoms with E-state index in [0.717, 1.165) is 30.3 Å². The number of carbonyl (C=O) groups is 1. The molecular weight excluding hydrogens is 455 g/mol. The van der Waals surface area contributed by atoms with Crippen LogP contribution in [0.15, 0.2) is 47.4 Å². The molecule has 10 nitrogen and oxygen atoms in total. The number of sulfonamides is 1. The van der Waals surface area contributed by atoms with Crippen LogP contribution in [0.25, 0.3) is 0 Å². The van der Waals surface area contributed by atoms with Gasteiger partial charge in [0.1, 0.15) is 0 Å². The molecule has 32 heavy (non-hydrogen) atoms. The van der Waals surface area contributed by atoms with Crippen molar-refractivity contribution in [2.45, 2.75) is 11.1 Å². The molecule has 0 aliphatic carbocycles. The van der Waals surface area contributed by atoms with Crippen LogP contribution < -0.4 is 20.3 Å². The van der Waals surface area contributed by atoms with Gasteiger partial charge >= 0.3 is 12.2 Å². The Balaban J connectivity index is 1.97. The summed E-state index contributed by atoms with van der Waals surface area (Å²) in [7, 11) is -0.945.